The van der Waals surface area contributed by atoms with E-state index in [4.69, 9.17) is 18.0 Å². The van der Waals surface area contributed by atoms with E-state index in [0.29, 0.717) is 10.4 Å². The van der Waals surface area contributed by atoms with Gasteiger partial charge in [0.25, 0.3) is 0 Å². The average molecular weight is 277 g/mol. The molecule has 0 radical (unpaired) electrons. The minimum absolute atomic E-state index is 0.424. The first kappa shape index (κ1) is 14.3. The van der Waals surface area contributed by atoms with Crippen LogP contribution in [0.5, 0.6) is 0 Å². The Labute approximate surface area is 121 Å². The first-order chi connectivity index (χ1) is 8.97. The van der Waals surface area contributed by atoms with Gasteiger partial charge in [-0.2, -0.15) is 0 Å². The second kappa shape index (κ2) is 5.45. The van der Waals surface area contributed by atoms with Gasteiger partial charge in [-0.05, 0) is 50.2 Å². The quantitative estimate of drug-likeness (QED) is 0.783. The van der Waals surface area contributed by atoms with Gasteiger partial charge in [-0.1, -0.05) is 25.6 Å². The number of aryl methyl sites for hydroxylation is 2. The summed E-state index contributed by atoms with van der Waals surface area (Å²) < 4.78 is 0. The molecular formula is C15H23N3S. The van der Waals surface area contributed by atoms with E-state index in [1.807, 2.05) is 19.9 Å². The fourth-order valence-corrected chi connectivity index (χ4v) is 3.03. The van der Waals surface area contributed by atoms with Crippen molar-refractivity contribution in [3.8, 4) is 0 Å². The third kappa shape index (κ3) is 3.24. The van der Waals surface area contributed by atoms with Crippen LogP contribution >= 0.6 is 12.2 Å². The van der Waals surface area contributed by atoms with E-state index < -0.39 is 0 Å². The van der Waals surface area contributed by atoms with Gasteiger partial charge in [-0.25, -0.2) is 4.98 Å². The van der Waals surface area contributed by atoms with Gasteiger partial charge < -0.3 is 11.1 Å². The van der Waals surface area contributed by atoms with E-state index in [1.54, 1.807) is 0 Å². The van der Waals surface area contributed by atoms with Crippen LogP contribution in [-0.4, -0.2) is 16.5 Å². The van der Waals surface area contributed by atoms with E-state index in [0.717, 1.165) is 29.2 Å². The van der Waals surface area contributed by atoms with Gasteiger partial charge in [0.2, 0.25) is 0 Å². The van der Waals surface area contributed by atoms with Crippen LogP contribution in [0.1, 0.15) is 49.4 Å². The molecule has 1 aromatic rings. The van der Waals surface area contributed by atoms with Crippen LogP contribution in [0.2, 0.25) is 0 Å². The predicted octanol–water partition coefficient (Wildman–Crippen LogP) is 3.32. The second-order valence-electron chi connectivity index (χ2n) is 5.77. The highest BCUT2D eigenvalue weighted by molar-refractivity contribution is 7.80. The molecular weight excluding hydrogens is 254 g/mol. The van der Waals surface area contributed by atoms with Crippen molar-refractivity contribution in [3.05, 3.63) is 22.9 Å². The van der Waals surface area contributed by atoms with Gasteiger partial charge >= 0.3 is 0 Å². The van der Waals surface area contributed by atoms with E-state index in [-0.39, 0.29) is 0 Å². The lowest BCUT2D eigenvalue weighted by molar-refractivity contribution is 0.485. The Hall–Kier alpha value is -1.16. The van der Waals surface area contributed by atoms with Crippen LogP contribution in [0.4, 0.5) is 5.82 Å². The molecule has 1 aliphatic carbocycles. The number of hydrogen-bond donors (Lipinski definition) is 2. The van der Waals surface area contributed by atoms with Crippen molar-refractivity contribution in [2.45, 2.75) is 46.5 Å². The summed E-state index contributed by atoms with van der Waals surface area (Å²) in [4.78, 5) is 4.99. The lowest BCUT2D eigenvalue weighted by atomic mass is 10.0. The minimum atomic E-state index is 0.424. The number of nitrogens with two attached hydrogens (primary N) is 1. The number of nitrogens with zero attached hydrogens (tertiary/aromatic N) is 1. The monoisotopic (exact) mass is 277 g/mol. The number of thiocarbonyl (C=S) groups is 1. The SMILES string of the molecule is CCCC1(CNc2nc(C)cc(C)c2C(N)=S)CC1. The van der Waals surface area contributed by atoms with Gasteiger partial charge in [0.1, 0.15) is 10.8 Å². The number of rotatable bonds is 6. The maximum Gasteiger partial charge on any atom is 0.136 e. The summed E-state index contributed by atoms with van der Waals surface area (Å²) in [6, 6.07) is 2.03. The molecule has 3 nitrogen and oxygen atoms in total. The molecule has 104 valence electrons. The molecule has 0 unspecified atom stereocenters. The lowest BCUT2D eigenvalue weighted by Gasteiger charge is -2.18. The van der Waals surface area contributed by atoms with Crippen molar-refractivity contribution in [3.63, 3.8) is 0 Å². The fraction of sp³-hybridized carbons (Fsp3) is 0.600. The van der Waals surface area contributed by atoms with Crippen molar-refractivity contribution in [2.24, 2.45) is 11.1 Å². The number of nitrogens with one attached hydrogen (secondary N) is 1. The summed E-state index contributed by atoms with van der Waals surface area (Å²) in [5.74, 6) is 0.854. The molecule has 4 heteroatoms. The normalized spacial score (nSPS) is 16.2. The second-order valence-corrected chi connectivity index (χ2v) is 6.21. The summed E-state index contributed by atoms with van der Waals surface area (Å²) in [6.07, 6.45) is 5.17. The van der Waals surface area contributed by atoms with Crippen molar-refractivity contribution >= 4 is 23.0 Å². The van der Waals surface area contributed by atoms with E-state index >= 15 is 0 Å². The lowest BCUT2D eigenvalue weighted by Crippen LogP contribution is -2.21. The average Bonchev–Trinajstić information content (AvgIpc) is 3.06. The largest absolute Gasteiger partial charge is 0.389 e. The Morgan fingerprint density at radius 1 is 1.47 bits per heavy atom. The fourth-order valence-electron chi connectivity index (χ4n) is 2.77. The molecule has 0 aromatic carbocycles. The van der Waals surface area contributed by atoms with Gasteiger partial charge in [-0.3, -0.25) is 0 Å². The molecule has 1 aliphatic rings. The molecule has 1 fully saturated rings. The zero-order chi connectivity index (χ0) is 14.0. The van der Waals surface area contributed by atoms with E-state index in [9.17, 15) is 0 Å². The predicted molar refractivity (Wildman–Crippen MR) is 84.7 cm³/mol. The molecule has 0 bridgehead atoms. The molecule has 0 spiro atoms. The van der Waals surface area contributed by atoms with Gasteiger partial charge in [0.15, 0.2) is 0 Å². The van der Waals surface area contributed by atoms with Crippen molar-refractivity contribution in [2.75, 3.05) is 11.9 Å². The maximum absolute atomic E-state index is 5.83. The molecule has 0 amide bonds. The van der Waals surface area contributed by atoms with Crippen LogP contribution in [-0.2, 0) is 0 Å². The summed E-state index contributed by atoms with van der Waals surface area (Å²) in [5.41, 5.74) is 9.31. The summed E-state index contributed by atoms with van der Waals surface area (Å²) >= 11 is 5.15. The smallest absolute Gasteiger partial charge is 0.136 e. The maximum atomic E-state index is 5.83. The number of anilines is 1. The molecule has 1 saturated carbocycles. The number of pyridine rings is 1. The van der Waals surface area contributed by atoms with Gasteiger partial charge in [-0.15, -0.1) is 0 Å². The molecule has 0 atom stereocenters. The van der Waals surface area contributed by atoms with Crippen molar-refractivity contribution in [1.29, 1.82) is 0 Å². The van der Waals surface area contributed by atoms with Gasteiger partial charge in [0, 0.05) is 12.2 Å². The van der Waals surface area contributed by atoms with Crippen LogP contribution < -0.4 is 11.1 Å². The standard InChI is InChI=1S/C15H23N3S/c1-4-5-15(6-7-15)9-17-14-12(13(16)19)10(2)8-11(3)18-14/h8H,4-7,9H2,1-3H3,(H2,16,19)(H,17,18). The first-order valence-electron chi connectivity index (χ1n) is 6.99. The summed E-state index contributed by atoms with van der Waals surface area (Å²) in [5, 5.41) is 3.49. The van der Waals surface area contributed by atoms with E-state index in [2.05, 4.69) is 17.2 Å². The Morgan fingerprint density at radius 3 is 2.68 bits per heavy atom. The van der Waals surface area contributed by atoms with Crippen LogP contribution in [0.25, 0.3) is 0 Å². The molecule has 0 saturated heterocycles. The molecule has 3 N–H and O–H groups in total. The highest BCUT2D eigenvalue weighted by Gasteiger charge is 2.41. The van der Waals surface area contributed by atoms with Crippen LogP contribution in [0, 0.1) is 19.3 Å². The molecule has 2 rings (SSSR count). The molecule has 1 heterocycles. The topological polar surface area (TPSA) is 50.9 Å². The molecule has 0 aliphatic heterocycles. The third-order valence-electron chi connectivity index (χ3n) is 3.96. The van der Waals surface area contributed by atoms with Crippen molar-refractivity contribution in [1.82, 2.24) is 4.98 Å². The third-order valence-corrected chi connectivity index (χ3v) is 4.16. The highest BCUT2D eigenvalue weighted by Crippen LogP contribution is 2.49. The Bertz CT molecular complexity index is 492. The Morgan fingerprint density at radius 2 is 2.16 bits per heavy atom. The summed E-state index contributed by atoms with van der Waals surface area (Å²) in [6.45, 7) is 7.26. The van der Waals surface area contributed by atoms with Crippen molar-refractivity contribution < 1.29 is 0 Å². The number of hydrogen-bond acceptors (Lipinski definition) is 3. The highest BCUT2D eigenvalue weighted by atomic mass is 32.1. The number of aromatic nitrogens is 1. The summed E-state index contributed by atoms with van der Waals surface area (Å²) in [7, 11) is 0. The molecule has 1 aromatic heterocycles. The molecule has 19 heavy (non-hydrogen) atoms. The zero-order valence-corrected chi connectivity index (χ0v) is 12.9. The minimum Gasteiger partial charge on any atom is -0.389 e. The Balaban J connectivity index is 2.17. The first-order valence-corrected chi connectivity index (χ1v) is 7.40. The van der Waals surface area contributed by atoms with Crippen LogP contribution in [0.15, 0.2) is 6.07 Å². The zero-order valence-electron chi connectivity index (χ0n) is 12.0. The van der Waals surface area contributed by atoms with Crippen LogP contribution in [0.3, 0.4) is 0 Å². The van der Waals surface area contributed by atoms with E-state index in [1.165, 1.54) is 25.7 Å². The van der Waals surface area contributed by atoms with Gasteiger partial charge in [0.05, 0.1) is 5.56 Å². The Kier molecular flexibility index (Phi) is 4.09.